The monoisotopic (exact) mass is 379 g/mol. The van der Waals surface area contributed by atoms with E-state index in [9.17, 15) is 18.9 Å². The number of halogens is 2. The van der Waals surface area contributed by atoms with Gasteiger partial charge in [-0.1, -0.05) is 35.5 Å². The molecule has 0 radical (unpaired) electrons. The SMILES string of the molecule is Cn1ncc([N+](=O)[O-])c1N1CC[C@@H](O/N=C\c2ccccc2)CC(F)(F)C1. The van der Waals surface area contributed by atoms with Crippen molar-refractivity contribution >= 4 is 17.7 Å². The quantitative estimate of drug-likeness (QED) is 0.453. The van der Waals surface area contributed by atoms with Gasteiger partial charge in [0, 0.05) is 20.0 Å². The predicted molar refractivity (Wildman–Crippen MR) is 95.2 cm³/mol. The van der Waals surface area contributed by atoms with Crippen LogP contribution in [0.3, 0.4) is 0 Å². The minimum atomic E-state index is -3.08. The zero-order chi connectivity index (χ0) is 19.4. The van der Waals surface area contributed by atoms with E-state index in [1.807, 2.05) is 30.3 Å². The van der Waals surface area contributed by atoms with E-state index < -0.39 is 29.9 Å². The van der Waals surface area contributed by atoms with Crippen molar-refractivity contribution in [3.63, 3.8) is 0 Å². The topological polar surface area (TPSA) is 85.8 Å². The van der Waals surface area contributed by atoms with Crippen molar-refractivity contribution in [2.45, 2.75) is 24.9 Å². The Morgan fingerprint density at radius 1 is 1.41 bits per heavy atom. The number of alkyl halides is 2. The number of rotatable bonds is 5. The van der Waals surface area contributed by atoms with Gasteiger partial charge < -0.3 is 9.74 Å². The minimum Gasteiger partial charge on any atom is -0.392 e. The van der Waals surface area contributed by atoms with Gasteiger partial charge in [-0.2, -0.15) is 5.10 Å². The van der Waals surface area contributed by atoms with Gasteiger partial charge in [0.25, 0.3) is 5.92 Å². The number of aryl methyl sites for hydroxylation is 1. The fourth-order valence-electron chi connectivity index (χ4n) is 3.06. The van der Waals surface area contributed by atoms with Gasteiger partial charge in [-0.3, -0.25) is 10.1 Å². The molecular formula is C17H19F2N5O3. The van der Waals surface area contributed by atoms with E-state index in [4.69, 9.17) is 4.84 Å². The summed E-state index contributed by atoms with van der Waals surface area (Å²) in [7, 11) is 1.49. The summed E-state index contributed by atoms with van der Waals surface area (Å²) >= 11 is 0. The van der Waals surface area contributed by atoms with Crippen molar-refractivity contribution in [1.29, 1.82) is 0 Å². The molecule has 8 nitrogen and oxygen atoms in total. The van der Waals surface area contributed by atoms with Crippen LogP contribution in [0, 0.1) is 10.1 Å². The molecule has 1 aliphatic rings. The molecule has 0 N–H and O–H groups in total. The lowest BCUT2D eigenvalue weighted by atomic mass is 10.1. The first-order chi connectivity index (χ1) is 12.9. The number of hydrogen-bond donors (Lipinski definition) is 0. The minimum absolute atomic E-state index is 0.0631. The molecule has 1 saturated heterocycles. The molecule has 0 aliphatic carbocycles. The van der Waals surface area contributed by atoms with Crippen molar-refractivity contribution < 1.29 is 18.5 Å². The van der Waals surface area contributed by atoms with Crippen molar-refractivity contribution in [2.75, 3.05) is 18.0 Å². The average Bonchev–Trinajstić information content (AvgIpc) is 2.93. The summed E-state index contributed by atoms with van der Waals surface area (Å²) in [6.07, 6.45) is 1.48. The van der Waals surface area contributed by atoms with E-state index in [-0.39, 0.29) is 24.5 Å². The summed E-state index contributed by atoms with van der Waals surface area (Å²) in [6.45, 7) is -0.475. The number of oxime groups is 1. The Balaban J connectivity index is 1.72. The third-order valence-electron chi connectivity index (χ3n) is 4.27. The van der Waals surface area contributed by atoms with E-state index in [1.54, 1.807) is 0 Å². The lowest BCUT2D eigenvalue weighted by molar-refractivity contribution is -0.384. The molecule has 0 spiro atoms. The van der Waals surface area contributed by atoms with Gasteiger partial charge in [0.15, 0.2) is 0 Å². The second-order valence-electron chi connectivity index (χ2n) is 6.38. The maximum Gasteiger partial charge on any atom is 0.331 e. The number of nitrogens with zero attached hydrogens (tertiary/aromatic N) is 5. The van der Waals surface area contributed by atoms with Crippen LogP contribution in [0.2, 0.25) is 0 Å². The maximum atomic E-state index is 14.4. The Bertz CT molecular complexity index is 825. The van der Waals surface area contributed by atoms with Crippen LogP contribution in [0.25, 0.3) is 0 Å². The molecule has 144 valence electrons. The van der Waals surface area contributed by atoms with Crippen LogP contribution < -0.4 is 4.90 Å². The summed E-state index contributed by atoms with van der Waals surface area (Å²) in [6, 6.07) is 9.16. The van der Waals surface area contributed by atoms with E-state index in [0.29, 0.717) is 0 Å². The van der Waals surface area contributed by atoms with Crippen LogP contribution in [0.4, 0.5) is 20.3 Å². The van der Waals surface area contributed by atoms with E-state index in [1.165, 1.54) is 22.8 Å². The van der Waals surface area contributed by atoms with Crippen LogP contribution in [0.15, 0.2) is 41.7 Å². The van der Waals surface area contributed by atoms with Gasteiger partial charge in [-0.25, -0.2) is 13.5 Å². The number of aromatic nitrogens is 2. The molecule has 27 heavy (non-hydrogen) atoms. The van der Waals surface area contributed by atoms with Gasteiger partial charge in [0.2, 0.25) is 5.82 Å². The van der Waals surface area contributed by atoms with Crippen LogP contribution in [0.1, 0.15) is 18.4 Å². The molecule has 1 aromatic heterocycles. The second kappa shape index (κ2) is 7.68. The highest BCUT2D eigenvalue weighted by Gasteiger charge is 2.41. The Morgan fingerprint density at radius 2 is 2.15 bits per heavy atom. The molecule has 0 amide bonds. The highest BCUT2D eigenvalue weighted by Crippen LogP contribution is 2.34. The molecule has 2 heterocycles. The van der Waals surface area contributed by atoms with E-state index >= 15 is 0 Å². The summed E-state index contributed by atoms with van der Waals surface area (Å²) in [5.41, 5.74) is 0.500. The molecule has 0 unspecified atom stereocenters. The molecule has 2 aromatic rings. The van der Waals surface area contributed by atoms with Crippen molar-refractivity contribution in [2.24, 2.45) is 12.2 Å². The molecular weight excluding hydrogens is 360 g/mol. The lowest BCUT2D eigenvalue weighted by Crippen LogP contribution is -2.36. The molecule has 0 bridgehead atoms. The Kier molecular flexibility index (Phi) is 5.33. The van der Waals surface area contributed by atoms with Crippen LogP contribution in [-0.4, -0.2) is 46.0 Å². The normalized spacial score (nSPS) is 19.8. The molecule has 3 rings (SSSR count). The number of nitro groups is 1. The number of benzene rings is 1. The van der Waals surface area contributed by atoms with Gasteiger partial charge in [0.05, 0.1) is 24.1 Å². The molecule has 1 aliphatic heterocycles. The number of anilines is 1. The van der Waals surface area contributed by atoms with Gasteiger partial charge in [0.1, 0.15) is 12.3 Å². The van der Waals surface area contributed by atoms with E-state index in [2.05, 4.69) is 10.3 Å². The van der Waals surface area contributed by atoms with Crippen molar-refractivity contribution in [1.82, 2.24) is 9.78 Å². The Morgan fingerprint density at radius 3 is 2.85 bits per heavy atom. The van der Waals surface area contributed by atoms with Crippen LogP contribution in [-0.2, 0) is 11.9 Å². The molecule has 1 aromatic carbocycles. The molecule has 10 heteroatoms. The van der Waals surface area contributed by atoms with E-state index in [0.717, 1.165) is 11.8 Å². The van der Waals surface area contributed by atoms with Gasteiger partial charge >= 0.3 is 5.69 Å². The zero-order valence-electron chi connectivity index (χ0n) is 14.7. The fourth-order valence-corrected chi connectivity index (χ4v) is 3.06. The first-order valence-corrected chi connectivity index (χ1v) is 8.39. The standard InChI is InChI=1S/C17H19F2N5O3/c1-22-16(15(11-20-22)24(25)26)23-8-7-14(9-17(18,19)12-23)27-21-10-13-5-3-2-4-6-13/h2-6,10-11,14H,7-9,12H2,1H3/b21-10-/t14-/m1/s1. The maximum absolute atomic E-state index is 14.4. The first-order valence-electron chi connectivity index (χ1n) is 8.39. The molecule has 1 fully saturated rings. The summed E-state index contributed by atoms with van der Waals surface area (Å²) in [5.74, 6) is -3.02. The van der Waals surface area contributed by atoms with Crippen LogP contribution in [0.5, 0.6) is 0 Å². The average molecular weight is 379 g/mol. The third kappa shape index (κ3) is 4.57. The summed E-state index contributed by atoms with van der Waals surface area (Å²) in [5, 5.41) is 18.8. The predicted octanol–water partition coefficient (Wildman–Crippen LogP) is 2.98. The van der Waals surface area contributed by atoms with Gasteiger partial charge in [-0.05, 0) is 5.56 Å². The Labute approximate surface area is 154 Å². The largest absolute Gasteiger partial charge is 0.392 e. The molecule has 1 atom stereocenters. The van der Waals surface area contributed by atoms with Gasteiger partial charge in [-0.15, -0.1) is 0 Å². The highest BCUT2D eigenvalue weighted by atomic mass is 19.3. The smallest absolute Gasteiger partial charge is 0.331 e. The van der Waals surface area contributed by atoms with Crippen molar-refractivity contribution in [3.05, 3.63) is 52.2 Å². The first kappa shape index (κ1) is 18.7. The summed E-state index contributed by atoms with van der Waals surface area (Å²) < 4.78 is 30.0. The zero-order valence-corrected chi connectivity index (χ0v) is 14.7. The highest BCUT2D eigenvalue weighted by molar-refractivity contribution is 5.78. The lowest BCUT2D eigenvalue weighted by Gasteiger charge is -2.24. The molecule has 0 saturated carbocycles. The second-order valence-corrected chi connectivity index (χ2v) is 6.38. The summed E-state index contributed by atoms with van der Waals surface area (Å²) in [4.78, 5) is 17.1. The number of hydrogen-bond acceptors (Lipinski definition) is 6. The third-order valence-corrected chi connectivity index (χ3v) is 4.27. The van der Waals surface area contributed by atoms with Crippen molar-refractivity contribution in [3.8, 4) is 0 Å². The van der Waals surface area contributed by atoms with Crippen LogP contribution >= 0.6 is 0 Å². The fraction of sp³-hybridized carbons (Fsp3) is 0.412. The Hall–Kier alpha value is -3.04.